The van der Waals surface area contributed by atoms with E-state index in [0.29, 0.717) is 17.7 Å². The monoisotopic (exact) mass is 370 g/mol. The van der Waals surface area contributed by atoms with E-state index in [-0.39, 0.29) is 6.61 Å². The molecule has 0 saturated carbocycles. The molecule has 3 rings (SSSR count). The molecule has 2 aromatic carbocycles. The molecule has 1 aromatic heterocycles. The third kappa shape index (κ3) is 5.02. The maximum absolute atomic E-state index is 5.78. The number of rotatable bonds is 8. The Morgan fingerprint density at radius 3 is 2.58 bits per heavy atom. The van der Waals surface area contributed by atoms with Gasteiger partial charge in [0.1, 0.15) is 11.5 Å². The van der Waals surface area contributed by atoms with E-state index < -0.39 is 0 Å². The average Bonchev–Trinajstić information content (AvgIpc) is 3.09. The maximum Gasteiger partial charge on any atom is 0.276 e. The van der Waals surface area contributed by atoms with Crippen LogP contribution in [0.3, 0.4) is 0 Å². The zero-order valence-corrected chi connectivity index (χ0v) is 16.0. The van der Waals surface area contributed by atoms with Gasteiger partial charge in [0.15, 0.2) is 6.61 Å². The number of hydrogen-bond acceptors (Lipinski definition) is 6. The highest BCUT2D eigenvalue weighted by molar-refractivity contribution is 7.99. The van der Waals surface area contributed by atoms with Crippen molar-refractivity contribution >= 4 is 11.8 Å². The fourth-order valence-electron chi connectivity index (χ4n) is 2.36. The fraction of sp³-hybridized carbons (Fsp3) is 0.300. The van der Waals surface area contributed by atoms with E-state index >= 15 is 0 Å². The SMILES string of the molecule is Cc1ccc(C)c(OCc2nnc(SCCOc3ccccc3C)o2)c1. The molecule has 6 heteroatoms. The van der Waals surface area contributed by atoms with Crippen molar-refractivity contribution in [3.8, 4) is 11.5 Å². The number of aryl methyl sites for hydroxylation is 3. The van der Waals surface area contributed by atoms with Gasteiger partial charge in [-0.15, -0.1) is 10.2 Å². The van der Waals surface area contributed by atoms with Gasteiger partial charge in [0.2, 0.25) is 0 Å². The second-order valence-corrected chi connectivity index (χ2v) is 7.03. The summed E-state index contributed by atoms with van der Waals surface area (Å²) in [6, 6.07) is 14.1. The first-order valence-electron chi connectivity index (χ1n) is 8.45. The van der Waals surface area contributed by atoms with Crippen molar-refractivity contribution in [2.75, 3.05) is 12.4 Å². The summed E-state index contributed by atoms with van der Waals surface area (Å²) < 4.78 is 17.2. The summed E-state index contributed by atoms with van der Waals surface area (Å²) in [5, 5.41) is 8.60. The zero-order chi connectivity index (χ0) is 18.4. The molecule has 3 aromatic rings. The van der Waals surface area contributed by atoms with Crippen molar-refractivity contribution in [1.29, 1.82) is 0 Å². The van der Waals surface area contributed by atoms with E-state index in [0.717, 1.165) is 33.9 Å². The Morgan fingerprint density at radius 2 is 1.73 bits per heavy atom. The van der Waals surface area contributed by atoms with Gasteiger partial charge in [-0.2, -0.15) is 0 Å². The lowest BCUT2D eigenvalue weighted by molar-refractivity contribution is 0.250. The van der Waals surface area contributed by atoms with Gasteiger partial charge in [0.05, 0.1) is 6.61 Å². The summed E-state index contributed by atoms with van der Waals surface area (Å²) >= 11 is 1.47. The maximum atomic E-state index is 5.78. The van der Waals surface area contributed by atoms with E-state index in [1.807, 2.05) is 57.2 Å². The molecule has 26 heavy (non-hydrogen) atoms. The first kappa shape index (κ1) is 18.3. The minimum Gasteiger partial charge on any atom is -0.492 e. The lowest BCUT2D eigenvalue weighted by Gasteiger charge is -2.07. The molecule has 0 aliphatic rings. The summed E-state index contributed by atoms with van der Waals surface area (Å²) in [7, 11) is 0. The Balaban J connectivity index is 1.44. The molecule has 0 radical (unpaired) electrons. The summed E-state index contributed by atoms with van der Waals surface area (Å²) in [5.74, 6) is 2.94. The quantitative estimate of drug-likeness (QED) is 0.421. The zero-order valence-electron chi connectivity index (χ0n) is 15.2. The lowest BCUT2D eigenvalue weighted by Crippen LogP contribution is -2.01. The van der Waals surface area contributed by atoms with E-state index in [1.54, 1.807) is 0 Å². The Kier molecular flexibility index (Phi) is 6.17. The second-order valence-electron chi connectivity index (χ2n) is 5.98. The summed E-state index contributed by atoms with van der Waals surface area (Å²) in [6.07, 6.45) is 0. The molecular weight excluding hydrogens is 348 g/mol. The van der Waals surface area contributed by atoms with Crippen molar-refractivity contribution < 1.29 is 13.9 Å². The topological polar surface area (TPSA) is 57.4 Å². The normalized spacial score (nSPS) is 10.7. The van der Waals surface area contributed by atoms with Gasteiger partial charge < -0.3 is 13.9 Å². The average molecular weight is 370 g/mol. The molecule has 1 heterocycles. The van der Waals surface area contributed by atoms with E-state index in [1.165, 1.54) is 11.8 Å². The van der Waals surface area contributed by atoms with Crippen LogP contribution in [-0.4, -0.2) is 22.6 Å². The van der Waals surface area contributed by atoms with Gasteiger partial charge in [0.25, 0.3) is 11.1 Å². The van der Waals surface area contributed by atoms with Gasteiger partial charge in [0, 0.05) is 5.75 Å². The van der Waals surface area contributed by atoms with Crippen molar-refractivity contribution in [3.05, 3.63) is 65.0 Å². The molecule has 0 bridgehead atoms. The lowest BCUT2D eigenvalue weighted by atomic mass is 10.1. The van der Waals surface area contributed by atoms with Crippen LogP contribution >= 0.6 is 11.8 Å². The van der Waals surface area contributed by atoms with Gasteiger partial charge in [-0.05, 0) is 49.6 Å². The molecule has 0 unspecified atom stereocenters. The van der Waals surface area contributed by atoms with Crippen molar-refractivity contribution in [2.24, 2.45) is 0 Å². The van der Waals surface area contributed by atoms with Crippen molar-refractivity contribution in [2.45, 2.75) is 32.6 Å². The van der Waals surface area contributed by atoms with Gasteiger partial charge in [-0.25, -0.2) is 0 Å². The molecule has 0 fully saturated rings. The van der Waals surface area contributed by atoms with Crippen molar-refractivity contribution in [3.63, 3.8) is 0 Å². The third-order valence-corrected chi connectivity index (χ3v) is 4.59. The molecule has 0 aliphatic carbocycles. The molecule has 136 valence electrons. The van der Waals surface area contributed by atoms with Crippen LogP contribution in [0.1, 0.15) is 22.6 Å². The summed E-state index contributed by atoms with van der Waals surface area (Å²) in [4.78, 5) is 0. The summed E-state index contributed by atoms with van der Waals surface area (Å²) in [6.45, 7) is 6.91. The fourth-order valence-corrected chi connectivity index (χ4v) is 2.95. The van der Waals surface area contributed by atoms with Crippen LogP contribution in [0, 0.1) is 20.8 Å². The van der Waals surface area contributed by atoms with Crippen LogP contribution in [0.4, 0.5) is 0 Å². The Morgan fingerprint density at radius 1 is 0.923 bits per heavy atom. The molecule has 0 N–H and O–H groups in total. The minimum atomic E-state index is 0.261. The number of hydrogen-bond donors (Lipinski definition) is 0. The minimum absolute atomic E-state index is 0.261. The van der Waals surface area contributed by atoms with Crippen LogP contribution in [0.2, 0.25) is 0 Å². The number of ether oxygens (including phenoxy) is 2. The number of aromatic nitrogens is 2. The summed E-state index contributed by atoms with van der Waals surface area (Å²) in [5.41, 5.74) is 3.36. The van der Waals surface area contributed by atoms with Crippen molar-refractivity contribution in [1.82, 2.24) is 10.2 Å². The largest absolute Gasteiger partial charge is 0.492 e. The van der Waals surface area contributed by atoms with Crippen LogP contribution in [-0.2, 0) is 6.61 Å². The molecule has 0 spiro atoms. The molecule has 0 saturated heterocycles. The van der Waals surface area contributed by atoms with E-state index in [9.17, 15) is 0 Å². The van der Waals surface area contributed by atoms with Gasteiger partial charge in [-0.1, -0.05) is 42.1 Å². The van der Waals surface area contributed by atoms with Crippen LogP contribution in [0.25, 0.3) is 0 Å². The Hall–Kier alpha value is -2.47. The Labute approximate surface area is 157 Å². The number of para-hydroxylation sites is 1. The number of nitrogens with zero attached hydrogens (tertiary/aromatic N) is 2. The first-order chi connectivity index (χ1) is 12.6. The predicted octanol–water partition coefficient (Wildman–Crippen LogP) is 4.74. The van der Waals surface area contributed by atoms with E-state index in [2.05, 4.69) is 16.3 Å². The second kappa shape index (κ2) is 8.76. The van der Waals surface area contributed by atoms with E-state index in [4.69, 9.17) is 13.9 Å². The smallest absolute Gasteiger partial charge is 0.276 e. The molecule has 5 nitrogen and oxygen atoms in total. The number of thioether (sulfide) groups is 1. The van der Waals surface area contributed by atoms with Crippen LogP contribution in [0.15, 0.2) is 52.1 Å². The molecule has 0 atom stereocenters. The third-order valence-electron chi connectivity index (χ3n) is 3.80. The highest BCUT2D eigenvalue weighted by atomic mass is 32.2. The van der Waals surface area contributed by atoms with Crippen LogP contribution in [0.5, 0.6) is 11.5 Å². The molecule has 0 aliphatic heterocycles. The predicted molar refractivity (Wildman–Crippen MR) is 102 cm³/mol. The highest BCUT2D eigenvalue weighted by Gasteiger charge is 2.09. The van der Waals surface area contributed by atoms with Crippen LogP contribution < -0.4 is 9.47 Å². The molecular formula is C20H22N2O3S. The van der Waals surface area contributed by atoms with Gasteiger partial charge >= 0.3 is 0 Å². The highest BCUT2D eigenvalue weighted by Crippen LogP contribution is 2.22. The standard InChI is InChI=1S/C20H22N2O3S/c1-14-8-9-16(3)18(12-14)24-13-19-21-22-20(25-19)26-11-10-23-17-7-5-4-6-15(17)2/h4-9,12H,10-11,13H2,1-3H3. The Bertz CT molecular complexity index is 864. The van der Waals surface area contributed by atoms with Gasteiger partial charge in [-0.3, -0.25) is 0 Å². The number of benzene rings is 2. The molecule has 0 amide bonds. The first-order valence-corrected chi connectivity index (χ1v) is 9.44.